The lowest BCUT2D eigenvalue weighted by Crippen LogP contribution is -2.55. The van der Waals surface area contributed by atoms with E-state index in [2.05, 4.69) is 41.7 Å². The number of nitrogens with one attached hydrogen (secondary N) is 2. The van der Waals surface area contributed by atoms with Crippen LogP contribution in [0.25, 0.3) is 0 Å². The molecule has 0 spiro atoms. The van der Waals surface area contributed by atoms with Crippen LogP contribution in [0.4, 0.5) is 0 Å². The molecule has 0 aromatic heterocycles. The third-order valence-corrected chi connectivity index (χ3v) is 6.48. The molecule has 2 fully saturated rings. The minimum absolute atomic E-state index is 0.420. The second-order valence-electron chi connectivity index (χ2n) is 8.03. The van der Waals surface area contributed by atoms with Gasteiger partial charge in [0.1, 0.15) is 0 Å². The van der Waals surface area contributed by atoms with E-state index in [0.29, 0.717) is 11.5 Å². The first-order chi connectivity index (χ1) is 12.6. The van der Waals surface area contributed by atoms with Crippen LogP contribution in [0, 0.1) is 11.8 Å². The zero-order valence-electron chi connectivity index (χ0n) is 18.1. The van der Waals surface area contributed by atoms with Gasteiger partial charge in [-0.05, 0) is 51.4 Å². The molecule has 2 aliphatic rings. The highest BCUT2D eigenvalue weighted by atomic mass is 15.2. The maximum absolute atomic E-state index is 4.30. The van der Waals surface area contributed by atoms with Gasteiger partial charge in [0.15, 0.2) is 0 Å². The fourth-order valence-electron chi connectivity index (χ4n) is 4.86. The minimum Gasteiger partial charge on any atom is -0.392 e. The van der Waals surface area contributed by atoms with Gasteiger partial charge in [-0.3, -0.25) is 4.90 Å². The highest BCUT2D eigenvalue weighted by Gasteiger charge is 2.34. The molecule has 0 aromatic rings. The molecule has 1 atom stereocenters. The average Bonchev–Trinajstić information content (AvgIpc) is 2.68. The van der Waals surface area contributed by atoms with Crippen molar-refractivity contribution in [1.29, 1.82) is 0 Å². The van der Waals surface area contributed by atoms with Gasteiger partial charge in [-0.25, -0.2) is 0 Å². The molecule has 1 saturated carbocycles. The molecule has 0 radical (unpaired) electrons. The van der Waals surface area contributed by atoms with Crippen molar-refractivity contribution in [2.75, 3.05) is 33.2 Å². The third-order valence-electron chi connectivity index (χ3n) is 6.48. The smallest absolute Gasteiger partial charge is 0.0182 e. The van der Waals surface area contributed by atoms with Crippen LogP contribution in [0.1, 0.15) is 72.1 Å². The lowest BCUT2D eigenvalue weighted by molar-refractivity contribution is 0.0566. The zero-order valence-corrected chi connectivity index (χ0v) is 18.1. The van der Waals surface area contributed by atoms with E-state index in [4.69, 9.17) is 0 Å². The lowest BCUT2D eigenvalue weighted by Gasteiger charge is -2.46. The molecule has 0 bridgehead atoms. The maximum Gasteiger partial charge on any atom is 0.0182 e. The van der Waals surface area contributed by atoms with E-state index >= 15 is 0 Å². The van der Waals surface area contributed by atoms with E-state index in [1.807, 2.05) is 20.9 Å². The molecule has 1 unspecified atom stereocenters. The van der Waals surface area contributed by atoms with Crippen LogP contribution in [-0.2, 0) is 0 Å². The van der Waals surface area contributed by atoms with Gasteiger partial charge in [0.2, 0.25) is 0 Å². The molecular formula is C23H45N3. The van der Waals surface area contributed by atoms with Crippen LogP contribution in [0.3, 0.4) is 0 Å². The van der Waals surface area contributed by atoms with Crippen LogP contribution in [0.2, 0.25) is 0 Å². The summed E-state index contributed by atoms with van der Waals surface area (Å²) < 4.78 is 0. The Balaban J connectivity index is 0.00000163. The first-order valence-electron chi connectivity index (χ1n) is 11.0. The predicted molar refractivity (Wildman–Crippen MR) is 117 cm³/mol. The molecule has 2 N–H and O–H groups in total. The van der Waals surface area contributed by atoms with E-state index < -0.39 is 0 Å². The Morgan fingerprint density at radius 2 is 1.81 bits per heavy atom. The zero-order chi connectivity index (χ0) is 19.4. The summed E-state index contributed by atoms with van der Waals surface area (Å²) in [4.78, 5) is 2.76. The maximum atomic E-state index is 4.30. The summed E-state index contributed by atoms with van der Waals surface area (Å²) in [7, 11) is 2.02. The molecule has 3 heteroatoms. The fraction of sp³-hybridized carbons (Fsp3) is 0.826. The van der Waals surface area contributed by atoms with Gasteiger partial charge < -0.3 is 10.6 Å². The predicted octanol–water partition coefficient (Wildman–Crippen LogP) is 4.96. The van der Waals surface area contributed by atoms with Crippen LogP contribution in [0.5, 0.6) is 0 Å². The highest BCUT2D eigenvalue weighted by molar-refractivity contribution is 5.01. The van der Waals surface area contributed by atoms with Crippen molar-refractivity contribution < 1.29 is 0 Å². The summed E-state index contributed by atoms with van der Waals surface area (Å²) >= 11 is 0. The van der Waals surface area contributed by atoms with Crippen LogP contribution in [-0.4, -0.2) is 43.7 Å². The van der Waals surface area contributed by atoms with Crippen molar-refractivity contribution in [3.05, 3.63) is 24.9 Å². The van der Waals surface area contributed by atoms with Gasteiger partial charge in [-0.1, -0.05) is 39.3 Å². The molecule has 26 heavy (non-hydrogen) atoms. The van der Waals surface area contributed by atoms with Gasteiger partial charge >= 0.3 is 0 Å². The number of hydrogen-bond acceptors (Lipinski definition) is 3. The number of rotatable bonds is 7. The number of allylic oxidation sites excluding steroid dienone is 2. The number of nitrogens with zero attached hydrogens (tertiary/aromatic N) is 1. The summed E-state index contributed by atoms with van der Waals surface area (Å²) in [5, 5.41) is 6.82. The SMILES string of the molecule is C=CCCC(C(=C)NC)C1CCCC(C)(N2CCNCC2)CCC1.CC. The van der Waals surface area contributed by atoms with Gasteiger partial charge in [0.25, 0.3) is 0 Å². The molecule has 2 rings (SSSR count). The van der Waals surface area contributed by atoms with Crippen molar-refractivity contribution >= 4 is 0 Å². The van der Waals surface area contributed by atoms with E-state index in [1.165, 1.54) is 63.7 Å². The molecular weight excluding hydrogens is 318 g/mol. The Morgan fingerprint density at radius 3 is 2.31 bits per heavy atom. The fourth-order valence-corrected chi connectivity index (χ4v) is 4.86. The van der Waals surface area contributed by atoms with Crippen molar-refractivity contribution in [2.24, 2.45) is 11.8 Å². The summed E-state index contributed by atoms with van der Waals surface area (Å²) in [5.41, 5.74) is 1.65. The van der Waals surface area contributed by atoms with Gasteiger partial charge in [0, 0.05) is 50.4 Å². The quantitative estimate of drug-likeness (QED) is 0.626. The number of piperazine rings is 1. The molecule has 1 aliphatic carbocycles. The van der Waals surface area contributed by atoms with E-state index in [-0.39, 0.29) is 0 Å². The second kappa shape index (κ2) is 12.6. The largest absolute Gasteiger partial charge is 0.392 e. The first-order valence-corrected chi connectivity index (χ1v) is 11.0. The minimum atomic E-state index is 0.420. The molecule has 0 amide bonds. The summed E-state index contributed by atoms with van der Waals surface area (Å²) in [6, 6.07) is 0. The van der Waals surface area contributed by atoms with Gasteiger partial charge in [-0.2, -0.15) is 0 Å². The lowest BCUT2D eigenvalue weighted by atomic mass is 9.74. The standard InChI is InChI=1S/C21H39N3.C2H6/c1-5-6-11-20(18(2)22-4)19-9-7-12-21(3,13-8-10-19)24-16-14-23-15-17-24;1-2/h5,19-20,22-23H,1-2,6-17H2,3-4H3;1-2H3. The Kier molecular flexibility index (Phi) is 11.2. The molecule has 152 valence electrons. The van der Waals surface area contributed by atoms with Crippen molar-refractivity contribution in [3.8, 4) is 0 Å². The molecule has 1 aliphatic heterocycles. The number of hydrogen-bond donors (Lipinski definition) is 2. The van der Waals surface area contributed by atoms with E-state index in [1.54, 1.807) is 0 Å². The van der Waals surface area contributed by atoms with Crippen molar-refractivity contribution in [1.82, 2.24) is 15.5 Å². The monoisotopic (exact) mass is 363 g/mol. The average molecular weight is 364 g/mol. The van der Waals surface area contributed by atoms with Crippen LogP contribution in [0.15, 0.2) is 24.9 Å². The third kappa shape index (κ3) is 6.74. The second-order valence-corrected chi connectivity index (χ2v) is 8.03. The Bertz CT molecular complexity index is 388. The molecule has 1 saturated heterocycles. The van der Waals surface area contributed by atoms with Gasteiger partial charge in [0.05, 0.1) is 0 Å². The highest BCUT2D eigenvalue weighted by Crippen LogP contribution is 2.38. The van der Waals surface area contributed by atoms with Crippen molar-refractivity contribution in [3.63, 3.8) is 0 Å². The molecule has 3 nitrogen and oxygen atoms in total. The molecule has 0 aromatic carbocycles. The Hall–Kier alpha value is -0.800. The van der Waals surface area contributed by atoms with E-state index in [0.717, 1.165) is 25.4 Å². The normalized spacial score (nSPS) is 28.7. The van der Waals surface area contributed by atoms with Crippen LogP contribution < -0.4 is 10.6 Å². The topological polar surface area (TPSA) is 27.3 Å². The van der Waals surface area contributed by atoms with E-state index in [9.17, 15) is 0 Å². The van der Waals surface area contributed by atoms with Crippen molar-refractivity contribution in [2.45, 2.75) is 77.7 Å². The molecule has 1 heterocycles. The summed E-state index contributed by atoms with van der Waals surface area (Å²) in [6.07, 6.45) is 12.5. The Morgan fingerprint density at radius 1 is 1.23 bits per heavy atom. The van der Waals surface area contributed by atoms with Gasteiger partial charge in [-0.15, -0.1) is 6.58 Å². The first kappa shape index (κ1) is 23.2. The Labute approximate surface area is 163 Å². The summed E-state index contributed by atoms with van der Waals surface area (Å²) in [6.45, 7) is 19.5. The van der Waals surface area contributed by atoms with Crippen LogP contribution >= 0.6 is 0 Å². The summed E-state index contributed by atoms with van der Waals surface area (Å²) in [5.74, 6) is 1.40.